The minimum absolute atomic E-state index is 0.138. The molecule has 0 fully saturated rings. The quantitative estimate of drug-likeness (QED) is 0.744. The summed E-state index contributed by atoms with van der Waals surface area (Å²) in [4.78, 5) is 11.5. The number of halogens is 1. The summed E-state index contributed by atoms with van der Waals surface area (Å²) in [5.41, 5.74) is 1.61. The Bertz CT molecular complexity index is 442. The van der Waals surface area contributed by atoms with Gasteiger partial charge >= 0.3 is 5.97 Å². The van der Waals surface area contributed by atoms with Gasteiger partial charge in [-0.2, -0.15) is 0 Å². The molecule has 0 aromatic heterocycles. The first kappa shape index (κ1) is 11.5. The van der Waals surface area contributed by atoms with Crippen molar-refractivity contribution in [3.63, 3.8) is 0 Å². The number of ether oxygens (including phenoxy) is 2. The molecule has 0 radical (unpaired) electrons. The normalized spacial score (nSPS) is 22.5. The van der Waals surface area contributed by atoms with Crippen molar-refractivity contribution in [1.82, 2.24) is 0 Å². The molecule has 0 aliphatic carbocycles. The van der Waals surface area contributed by atoms with Crippen molar-refractivity contribution in [3.8, 4) is 5.75 Å². The minimum Gasteiger partial charge on any atom is -0.489 e. The second kappa shape index (κ2) is 4.09. The fourth-order valence-corrected chi connectivity index (χ4v) is 2.42. The number of hydrogen-bond donors (Lipinski definition) is 0. The molecule has 1 aliphatic rings. The molecule has 1 aromatic rings. The van der Waals surface area contributed by atoms with Crippen LogP contribution in [0.1, 0.15) is 35.7 Å². The molecular formula is C12H13BrO3. The maximum absolute atomic E-state index is 11.5. The van der Waals surface area contributed by atoms with E-state index in [-0.39, 0.29) is 18.0 Å². The zero-order chi connectivity index (χ0) is 11.9. The summed E-state index contributed by atoms with van der Waals surface area (Å²) in [6, 6.07) is 3.58. The van der Waals surface area contributed by atoms with Crippen LogP contribution in [0.2, 0.25) is 0 Å². The summed E-state index contributed by atoms with van der Waals surface area (Å²) < 4.78 is 11.2. The number of carbonyl (C=O) groups is 1. The number of rotatable bonds is 1. The van der Waals surface area contributed by atoms with Crippen molar-refractivity contribution in [3.05, 3.63) is 27.7 Å². The maximum Gasteiger partial charge on any atom is 0.337 e. The zero-order valence-corrected chi connectivity index (χ0v) is 11.0. The van der Waals surface area contributed by atoms with E-state index in [1.54, 1.807) is 6.07 Å². The van der Waals surface area contributed by atoms with E-state index in [0.717, 1.165) is 15.8 Å². The third-order valence-electron chi connectivity index (χ3n) is 2.99. The molecule has 0 amide bonds. The van der Waals surface area contributed by atoms with Gasteiger partial charge in [0.25, 0.3) is 0 Å². The van der Waals surface area contributed by atoms with Crippen LogP contribution in [0.4, 0.5) is 0 Å². The second-order valence-corrected chi connectivity index (χ2v) is 4.83. The van der Waals surface area contributed by atoms with Crippen LogP contribution >= 0.6 is 15.9 Å². The highest BCUT2D eigenvalue weighted by atomic mass is 79.9. The SMILES string of the molecule is COC(=O)c1cc(Br)c2c(c1)[C@@H](C)[C@H](C)O2. The molecule has 4 heteroatoms. The summed E-state index contributed by atoms with van der Waals surface area (Å²) >= 11 is 3.42. The molecule has 1 aromatic carbocycles. The van der Waals surface area contributed by atoms with Gasteiger partial charge in [0.05, 0.1) is 17.1 Å². The van der Waals surface area contributed by atoms with Crippen LogP contribution in [0.3, 0.4) is 0 Å². The van der Waals surface area contributed by atoms with E-state index in [1.165, 1.54) is 7.11 Å². The Morgan fingerprint density at radius 3 is 2.75 bits per heavy atom. The smallest absolute Gasteiger partial charge is 0.337 e. The number of hydrogen-bond acceptors (Lipinski definition) is 3. The van der Waals surface area contributed by atoms with Crippen LogP contribution in [0.15, 0.2) is 16.6 Å². The lowest BCUT2D eigenvalue weighted by Crippen LogP contribution is -2.10. The van der Waals surface area contributed by atoms with Crippen molar-refractivity contribution >= 4 is 21.9 Å². The van der Waals surface area contributed by atoms with Gasteiger partial charge in [-0.15, -0.1) is 0 Å². The van der Waals surface area contributed by atoms with Gasteiger partial charge in [-0.25, -0.2) is 4.79 Å². The van der Waals surface area contributed by atoms with E-state index in [4.69, 9.17) is 9.47 Å². The first-order valence-electron chi connectivity index (χ1n) is 5.13. The van der Waals surface area contributed by atoms with E-state index in [1.807, 2.05) is 13.0 Å². The number of methoxy groups -OCH3 is 1. The largest absolute Gasteiger partial charge is 0.489 e. The Labute approximate surface area is 103 Å². The van der Waals surface area contributed by atoms with Gasteiger partial charge in [0.15, 0.2) is 0 Å². The lowest BCUT2D eigenvalue weighted by Gasteiger charge is -2.07. The van der Waals surface area contributed by atoms with Crippen molar-refractivity contribution in [2.24, 2.45) is 0 Å². The molecule has 0 saturated carbocycles. The molecule has 2 atom stereocenters. The summed E-state index contributed by atoms with van der Waals surface area (Å²) in [6.07, 6.45) is 0.138. The fraction of sp³-hybridized carbons (Fsp3) is 0.417. The van der Waals surface area contributed by atoms with Crippen molar-refractivity contribution in [1.29, 1.82) is 0 Å². The standard InChI is InChI=1S/C12H13BrO3/c1-6-7(2)16-11-9(6)4-8(5-10(11)13)12(14)15-3/h4-7H,1-3H3/t6-,7-/m0/s1. The average Bonchev–Trinajstić information content (AvgIpc) is 2.56. The summed E-state index contributed by atoms with van der Waals surface area (Å²) in [5.74, 6) is 0.804. The maximum atomic E-state index is 11.5. The highest BCUT2D eigenvalue weighted by Gasteiger charge is 2.30. The van der Waals surface area contributed by atoms with Crippen LogP contribution in [0.25, 0.3) is 0 Å². The summed E-state index contributed by atoms with van der Waals surface area (Å²) in [6.45, 7) is 4.11. The third-order valence-corrected chi connectivity index (χ3v) is 3.58. The van der Waals surface area contributed by atoms with Crippen LogP contribution in [-0.2, 0) is 4.74 Å². The Morgan fingerprint density at radius 2 is 2.12 bits per heavy atom. The van der Waals surface area contributed by atoms with Crippen LogP contribution < -0.4 is 4.74 Å². The van der Waals surface area contributed by atoms with E-state index >= 15 is 0 Å². The fourth-order valence-electron chi connectivity index (χ4n) is 1.85. The Hall–Kier alpha value is -1.03. The van der Waals surface area contributed by atoms with Crippen molar-refractivity contribution in [2.75, 3.05) is 7.11 Å². The number of carbonyl (C=O) groups excluding carboxylic acids is 1. The topological polar surface area (TPSA) is 35.5 Å². The Balaban J connectivity index is 2.50. The molecule has 0 unspecified atom stereocenters. The molecule has 1 aliphatic heterocycles. The molecule has 2 rings (SSSR count). The minimum atomic E-state index is -0.324. The van der Waals surface area contributed by atoms with Crippen molar-refractivity contribution < 1.29 is 14.3 Å². The first-order valence-corrected chi connectivity index (χ1v) is 5.92. The summed E-state index contributed by atoms with van der Waals surface area (Å²) in [7, 11) is 1.38. The molecule has 16 heavy (non-hydrogen) atoms. The number of fused-ring (bicyclic) bond motifs is 1. The Morgan fingerprint density at radius 1 is 1.44 bits per heavy atom. The molecule has 1 heterocycles. The Kier molecular flexibility index (Phi) is 2.93. The number of benzene rings is 1. The van der Waals surface area contributed by atoms with Crippen LogP contribution in [0.5, 0.6) is 5.75 Å². The van der Waals surface area contributed by atoms with Gasteiger partial charge in [0, 0.05) is 11.5 Å². The van der Waals surface area contributed by atoms with Gasteiger partial charge in [-0.3, -0.25) is 0 Å². The zero-order valence-electron chi connectivity index (χ0n) is 9.41. The molecular weight excluding hydrogens is 272 g/mol. The second-order valence-electron chi connectivity index (χ2n) is 3.98. The van der Waals surface area contributed by atoms with Gasteiger partial charge in [-0.1, -0.05) is 6.92 Å². The monoisotopic (exact) mass is 284 g/mol. The van der Waals surface area contributed by atoms with Gasteiger partial charge in [0.1, 0.15) is 11.9 Å². The van der Waals surface area contributed by atoms with E-state index < -0.39 is 0 Å². The lowest BCUT2D eigenvalue weighted by atomic mass is 9.97. The highest BCUT2D eigenvalue weighted by Crippen LogP contribution is 2.43. The molecule has 0 bridgehead atoms. The van der Waals surface area contributed by atoms with E-state index in [2.05, 4.69) is 22.9 Å². The molecule has 3 nitrogen and oxygen atoms in total. The molecule has 0 spiro atoms. The molecule has 0 N–H and O–H groups in total. The van der Waals surface area contributed by atoms with Crippen molar-refractivity contribution in [2.45, 2.75) is 25.9 Å². The summed E-state index contributed by atoms with van der Waals surface area (Å²) in [5, 5.41) is 0. The predicted molar refractivity (Wildman–Crippen MR) is 64.0 cm³/mol. The van der Waals surface area contributed by atoms with Gasteiger partial charge in [-0.05, 0) is 35.0 Å². The first-order chi connectivity index (χ1) is 7.54. The van der Waals surface area contributed by atoms with Gasteiger partial charge < -0.3 is 9.47 Å². The number of esters is 1. The molecule has 86 valence electrons. The van der Waals surface area contributed by atoms with E-state index in [0.29, 0.717) is 5.56 Å². The average molecular weight is 285 g/mol. The van der Waals surface area contributed by atoms with E-state index in [9.17, 15) is 4.79 Å². The van der Waals surface area contributed by atoms with Crippen LogP contribution in [-0.4, -0.2) is 19.2 Å². The van der Waals surface area contributed by atoms with Gasteiger partial charge in [0.2, 0.25) is 0 Å². The third kappa shape index (κ3) is 1.71. The van der Waals surface area contributed by atoms with Crippen LogP contribution in [0, 0.1) is 0 Å². The predicted octanol–water partition coefficient (Wildman–Crippen LogP) is 3.12. The molecule has 0 saturated heterocycles. The lowest BCUT2D eigenvalue weighted by molar-refractivity contribution is 0.0600. The highest BCUT2D eigenvalue weighted by molar-refractivity contribution is 9.10.